The molecule has 3 aromatic carbocycles. The van der Waals surface area contributed by atoms with Crippen molar-refractivity contribution in [2.45, 2.75) is 17.4 Å². The van der Waals surface area contributed by atoms with Crippen LogP contribution in [-0.4, -0.2) is 32.8 Å². The molecule has 0 N–H and O–H groups in total. The molecule has 0 aromatic heterocycles. The number of rotatable bonds is 6. The lowest BCUT2D eigenvalue weighted by atomic mass is 9.99. The number of benzene rings is 3. The monoisotopic (exact) mass is 456 g/mol. The van der Waals surface area contributed by atoms with E-state index in [0.29, 0.717) is 34.2 Å². The number of ether oxygens (including phenoxy) is 2. The third-order valence-electron chi connectivity index (χ3n) is 5.11. The molecule has 0 bridgehead atoms. The van der Waals surface area contributed by atoms with Gasteiger partial charge in [0.25, 0.3) is 10.0 Å². The molecule has 3 aromatic rings. The Hall–Kier alpha value is -3.03. The fraction of sp³-hybridized carbons (Fsp3) is 0.174. The maximum atomic E-state index is 13.5. The van der Waals surface area contributed by atoms with E-state index >= 15 is 0 Å². The van der Waals surface area contributed by atoms with E-state index in [-0.39, 0.29) is 4.90 Å². The molecule has 6 nitrogen and oxygen atoms in total. The largest absolute Gasteiger partial charge is 0.497 e. The Kier molecular flexibility index (Phi) is 5.89. The average Bonchev–Trinajstić information content (AvgIpc) is 3.26. The third-order valence-corrected chi connectivity index (χ3v) is 7.15. The molecule has 4 rings (SSSR count). The fourth-order valence-electron chi connectivity index (χ4n) is 3.54. The molecular formula is C23H21ClN2O4S. The molecule has 0 unspecified atom stereocenters. The third kappa shape index (κ3) is 4.11. The Morgan fingerprint density at radius 3 is 2.16 bits per heavy atom. The Bertz CT molecular complexity index is 1210. The van der Waals surface area contributed by atoms with E-state index in [2.05, 4.69) is 5.10 Å². The molecule has 0 radical (unpaired) electrons. The summed E-state index contributed by atoms with van der Waals surface area (Å²) in [4.78, 5) is 0.167. The lowest BCUT2D eigenvalue weighted by molar-refractivity contribution is 0.371. The van der Waals surface area contributed by atoms with E-state index in [1.54, 1.807) is 56.7 Å². The highest BCUT2D eigenvalue weighted by Gasteiger charge is 2.38. The number of methoxy groups -OCH3 is 2. The summed E-state index contributed by atoms with van der Waals surface area (Å²) < 4.78 is 38.8. The van der Waals surface area contributed by atoms with Gasteiger partial charge in [-0.2, -0.15) is 17.9 Å². The van der Waals surface area contributed by atoms with Gasteiger partial charge in [-0.15, -0.1) is 0 Å². The molecule has 1 aliphatic rings. The first-order valence-corrected chi connectivity index (χ1v) is 11.4. The molecule has 1 atom stereocenters. The average molecular weight is 457 g/mol. The van der Waals surface area contributed by atoms with E-state index in [1.807, 2.05) is 30.3 Å². The summed E-state index contributed by atoms with van der Waals surface area (Å²) >= 11 is 6.44. The van der Waals surface area contributed by atoms with Crippen molar-refractivity contribution in [3.63, 3.8) is 0 Å². The fourth-order valence-corrected chi connectivity index (χ4v) is 5.24. The summed E-state index contributed by atoms with van der Waals surface area (Å²) in [5, 5.41) is 5.03. The topological polar surface area (TPSA) is 68.2 Å². The summed E-state index contributed by atoms with van der Waals surface area (Å²) in [7, 11) is -0.774. The van der Waals surface area contributed by atoms with Gasteiger partial charge in [0.05, 0.1) is 30.9 Å². The number of nitrogens with zero attached hydrogens (tertiary/aromatic N) is 2. The Labute approximate surface area is 186 Å². The zero-order chi connectivity index (χ0) is 22.0. The molecule has 0 aliphatic carbocycles. The summed E-state index contributed by atoms with van der Waals surface area (Å²) in [6.07, 6.45) is 0.353. The maximum absolute atomic E-state index is 13.5. The molecule has 31 heavy (non-hydrogen) atoms. The first-order valence-electron chi connectivity index (χ1n) is 9.59. The molecule has 1 heterocycles. The Balaban J connectivity index is 1.84. The molecule has 0 fully saturated rings. The van der Waals surface area contributed by atoms with Crippen LogP contribution in [0.4, 0.5) is 0 Å². The van der Waals surface area contributed by atoms with Crippen LogP contribution in [0.25, 0.3) is 0 Å². The number of hydrogen-bond acceptors (Lipinski definition) is 5. The van der Waals surface area contributed by atoms with Crippen LogP contribution in [0.2, 0.25) is 5.02 Å². The first kappa shape index (κ1) is 21.2. The van der Waals surface area contributed by atoms with Crippen molar-refractivity contribution in [2.24, 2.45) is 5.10 Å². The minimum atomic E-state index is -3.90. The second-order valence-corrected chi connectivity index (χ2v) is 9.18. The van der Waals surface area contributed by atoms with Crippen LogP contribution in [0.1, 0.15) is 23.6 Å². The number of hydrogen-bond donors (Lipinski definition) is 0. The van der Waals surface area contributed by atoms with Crippen molar-refractivity contribution in [3.05, 3.63) is 88.9 Å². The van der Waals surface area contributed by atoms with Crippen LogP contribution in [-0.2, 0) is 10.0 Å². The smallest absolute Gasteiger partial charge is 0.279 e. The van der Waals surface area contributed by atoms with E-state index in [1.165, 1.54) is 0 Å². The molecular weight excluding hydrogens is 436 g/mol. The van der Waals surface area contributed by atoms with Gasteiger partial charge in [-0.3, -0.25) is 0 Å². The van der Waals surface area contributed by atoms with Crippen LogP contribution in [0, 0.1) is 0 Å². The van der Waals surface area contributed by atoms with Gasteiger partial charge in [-0.25, -0.2) is 0 Å². The van der Waals surface area contributed by atoms with Gasteiger partial charge in [0.15, 0.2) is 0 Å². The van der Waals surface area contributed by atoms with E-state index in [9.17, 15) is 8.42 Å². The minimum absolute atomic E-state index is 0.167. The highest BCUT2D eigenvalue weighted by Crippen LogP contribution is 2.40. The van der Waals surface area contributed by atoms with Crippen molar-refractivity contribution in [3.8, 4) is 11.5 Å². The van der Waals surface area contributed by atoms with Gasteiger partial charge in [-0.1, -0.05) is 48.0 Å². The SMILES string of the molecule is COc1cc(OC)cc(C2=NN(S(=O)(=O)c3ccccc3)[C@H](c3ccccc3Cl)C2)c1. The highest BCUT2D eigenvalue weighted by molar-refractivity contribution is 7.89. The van der Waals surface area contributed by atoms with Crippen LogP contribution in [0.15, 0.2) is 82.8 Å². The molecule has 160 valence electrons. The summed E-state index contributed by atoms with van der Waals surface area (Å²) in [6, 6.07) is 20.3. The standard InChI is InChI=1S/C23H21ClN2O4S/c1-29-17-12-16(13-18(14-17)30-2)22-15-23(20-10-6-7-11-21(20)24)26(25-22)31(27,28)19-8-4-3-5-9-19/h3-14,23H,15H2,1-2H3/t23-/m0/s1. The van der Waals surface area contributed by atoms with Gasteiger partial charge in [0.1, 0.15) is 11.5 Å². The van der Waals surface area contributed by atoms with E-state index < -0.39 is 16.1 Å². The summed E-state index contributed by atoms with van der Waals surface area (Å²) in [6.45, 7) is 0. The van der Waals surface area contributed by atoms with Crippen molar-refractivity contribution >= 4 is 27.3 Å². The van der Waals surface area contributed by atoms with Crippen molar-refractivity contribution in [1.29, 1.82) is 0 Å². The van der Waals surface area contributed by atoms with Gasteiger partial charge in [0, 0.05) is 23.1 Å². The van der Waals surface area contributed by atoms with Gasteiger partial charge >= 0.3 is 0 Å². The lowest BCUT2D eigenvalue weighted by Crippen LogP contribution is -2.27. The zero-order valence-electron chi connectivity index (χ0n) is 17.0. The first-order chi connectivity index (χ1) is 14.9. The van der Waals surface area contributed by atoms with Crippen molar-refractivity contribution < 1.29 is 17.9 Å². The maximum Gasteiger partial charge on any atom is 0.279 e. The van der Waals surface area contributed by atoms with E-state index in [4.69, 9.17) is 21.1 Å². The predicted octanol–water partition coefficient (Wildman–Crippen LogP) is 4.90. The Morgan fingerprint density at radius 1 is 0.935 bits per heavy atom. The molecule has 0 spiro atoms. The quantitative estimate of drug-likeness (QED) is 0.529. The van der Waals surface area contributed by atoms with Gasteiger partial charge < -0.3 is 9.47 Å². The molecule has 0 saturated heterocycles. The van der Waals surface area contributed by atoms with Crippen LogP contribution in [0.5, 0.6) is 11.5 Å². The van der Waals surface area contributed by atoms with Gasteiger partial charge in [-0.05, 0) is 35.9 Å². The summed E-state index contributed by atoms with van der Waals surface area (Å²) in [5.41, 5.74) is 2.01. The van der Waals surface area contributed by atoms with Crippen LogP contribution >= 0.6 is 11.6 Å². The highest BCUT2D eigenvalue weighted by atomic mass is 35.5. The zero-order valence-corrected chi connectivity index (χ0v) is 18.6. The second-order valence-electron chi connectivity index (χ2n) is 6.98. The number of sulfonamides is 1. The summed E-state index contributed by atoms with van der Waals surface area (Å²) in [5.74, 6) is 1.19. The second kappa shape index (κ2) is 8.61. The molecule has 8 heteroatoms. The van der Waals surface area contributed by atoms with Gasteiger partial charge in [0.2, 0.25) is 0 Å². The lowest BCUT2D eigenvalue weighted by Gasteiger charge is -2.24. The number of halogens is 1. The predicted molar refractivity (Wildman–Crippen MR) is 120 cm³/mol. The van der Waals surface area contributed by atoms with Crippen molar-refractivity contribution in [1.82, 2.24) is 4.41 Å². The van der Waals surface area contributed by atoms with Crippen LogP contribution < -0.4 is 9.47 Å². The molecule has 1 aliphatic heterocycles. The Morgan fingerprint density at radius 2 is 1.55 bits per heavy atom. The number of hydrazone groups is 1. The van der Waals surface area contributed by atoms with E-state index in [0.717, 1.165) is 9.98 Å². The molecule has 0 amide bonds. The minimum Gasteiger partial charge on any atom is -0.497 e. The van der Waals surface area contributed by atoms with Crippen molar-refractivity contribution in [2.75, 3.05) is 14.2 Å². The van der Waals surface area contributed by atoms with Crippen LogP contribution in [0.3, 0.4) is 0 Å². The normalized spacial score (nSPS) is 16.2. The molecule has 0 saturated carbocycles.